The van der Waals surface area contributed by atoms with Gasteiger partial charge in [0.05, 0.1) is 22.3 Å². The molecule has 1 amide bonds. The third-order valence-corrected chi connectivity index (χ3v) is 4.86. The molecule has 3 rings (SSSR count). The Morgan fingerprint density at radius 2 is 1.77 bits per heavy atom. The molecule has 0 unspecified atom stereocenters. The average molecular weight is 431 g/mol. The Morgan fingerprint density at radius 1 is 1.07 bits per heavy atom. The Morgan fingerprint density at radius 3 is 2.40 bits per heavy atom. The third kappa shape index (κ3) is 5.07. The van der Waals surface area contributed by atoms with Gasteiger partial charge in [-0.1, -0.05) is 54.1 Å². The van der Waals surface area contributed by atoms with E-state index in [0.29, 0.717) is 5.69 Å². The topological polar surface area (TPSA) is 33.2 Å². The van der Waals surface area contributed by atoms with Crippen LogP contribution in [0.4, 0.5) is 13.2 Å². The molecular weight excluding hydrogens is 413 g/mol. The number of hydrogen-bond acceptors (Lipinski definition) is 2. The molecule has 0 aliphatic heterocycles. The lowest BCUT2D eigenvalue weighted by Gasteiger charge is -2.27. The molecule has 0 saturated carbocycles. The predicted molar refractivity (Wildman–Crippen MR) is 111 cm³/mol. The number of aromatic nitrogens is 1. The first kappa shape index (κ1) is 21.6. The van der Waals surface area contributed by atoms with Gasteiger partial charge in [-0.25, -0.2) is 0 Å². The van der Waals surface area contributed by atoms with Crippen LogP contribution in [0.2, 0.25) is 5.02 Å². The van der Waals surface area contributed by atoms with Crippen molar-refractivity contribution in [3.63, 3.8) is 0 Å². The van der Waals surface area contributed by atoms with Crippen LogP contribution >= 0.6 is 11.6 Å². The Kier molecular flexibility index (Phi) is 6.57. The van der Waals surface area contributed by atoms with Crippen molar-refractivity contribution >= 4 is 23.6 Å². The zero-order valence-corrected chi connectivity index (χ0v) is 16.7. The second kappa shape index (κ2) is 9.13. The number of alkyl halides is 3. The van der Waals surface area contributed by atoms with Gasteiger partial charge in [0.25, 0.3) is 0 Å². The predicted octanol–water partition coefficient (Wildman–Crippen LogP) is 6.02. The summed E-state index contributed by atoms with van der Waals surface area (Å²) in [5, 5.41) is -0.387. The van der Waals surface area contributed by atoms with Crippen molar-refractivity contribution in [2.24, 2.45) is 0 Å². The fraction of sp³-hybridized carbons (Fsp3) is 0.130. The van der Waals surface area contributed by atoms with Crippen LogP contribution in [-0.4, -0.2) is 22.8 Å². The number of amides is 1. The highest BCUT2D eigenvalue weighted by Gasteiger charge is 2.33. The molecule has 0 spiro atoms. The van der Waals surface area contributed by atoms with Crippen LogP contribution in [0.15, 0.2) is 79.0 Å². The maximum atomic E-state index is 13.0. The number of pyridine rings is 1. The molecular formula is C23H18ClF3N2O. The molecule has 0 bridgehead atoms. The van der Waals surface area contributed by atoms with E-state index in [0.717, 1.165) is 11.6 Å². The molecule has 3 nitrogen and oxygen atoms in total. The van der Waals surface area contributed by atoms with Gasteiger partial charge in [0.2, 0.25) is 5.91 Å². The molecule has 7 heteroatoms. The summed E-state index contributed by atoms with van der Waals surface area (Å²) >= 11 is 5.65. The van der Waals surface area contributed by atoms with Crippen molar-refractivity contribution < 1.29 is 18.0 Å². The average Bonchev–Trinajstić information content (AvgIpc) is 2.73. The Bertz CT molecular complexity index is 998. The molecule has 0 fully saturated rings. The van der Waals surface area contributed by atoms with Crippen molar-refractivity contribution in [2.45, 2.75) is 12.2 Å². The number of rotatable bonds is 5. The van der Waals surface area contributed by atoms with E-state index in [1.165, 1.54) is 29.2 Å². The van der Waals surface area contributed by atoms with Gasteiger partial charge < -0.3 is 4.90 Å². The molecule has 2 aromatic carbocycles. The zero-order chi connectivity index (χ0) is 21.7. The first-order valence-corrected chi connectivity index (χ1v) is 9.42. The van der Waals surface area contributed by atoms with Gasteiger partial charge in [0.1, 0.15) is 0 Å². The fourth-order valence-corrected chi connectivity index (χ4v) is 3.27. The molecule has 0 aliphatic rings. The monoisotopic (exact) mass is 430 g/mol. The summed E-state index contributed by atoms with van der Waals surface area (Å²) in [5.74, 6) is -0.377. The minimum Gasteiger partial charge on any atom is -0.329 e. The van der Waals surface area contributed by atoms with Gasteiger partial charge in [0.15, 0.2) is 0 Å². The number of nitrogens with zero attached hydrogens (tertiary/aromatic N) is 2. The second-order valence-corrected chi connectivity index (χ2v) is 6.99. The van der Waals surface area contributed by atoms with Gasteiger partial charge in [-0.2, -0.15) is 13.2 Å². The van der Waals surface area contributed by atoms with Crippen LogP contribution in [0.1, 0.15) is 28.4 Å². The quantitative estimate of drug-likeness (QED) is 0.464. The number of carbonyl (C=O) groups excluding carboxylic acids is 1. The lowest BCUT2D eigenvalue weighted by Crippen LogP contribution is -2.31. The van der Waals surface area contributed by atoms with Gasteiger partial charge in [-0.05, 0) is 41.5 Å². The summed E-state index contributed by atoms with van der Waals surface area (Å²) in [4.78, 5) is 18.7. The third-order valence-electron chi connectivity index (χ3n) is 4.53. The highest BCUT2D eigenvalue weighted by molar-refractivity contribution is 6.31. The molecule has 0 radical (unpaired) electrons. The molecule has 0 saturated heterocycles. The van der Waals surface area contributed by atoms with Gasteiger partial charge in [0, 0.05) is 19.3 Å². The Hall–Kier alpha value is -3.12. The van der Waals surface area contributed by atoms with Crippen LogP contribution in [-0.2, 0) is 11.0 Å². The summed E-state index contributed by atoms with van der Waals surface area (Å²) in [5.41, 5.74) is 0.829. The van der Waals surface area contributed by atoms with Crippen LogP contribution in [0, 0.1) is 0 Å². The summed E-state index contributed by atoms with van der Waals surface area (Å²) < 4.78 is 39.1. The van der Waals surface area contributed by atoms with E-state index in [4.69, 9.17) is 11.6 Å². The molecule has 0 aliphatic carbocycles. The Balaban J connectivity index is 1.88. The van der Waals surface area contributed by atoms with E-state index >= 15 is 0 Å². The number of carbonyl (C=O) groups is 1. The van der Waals surface area contributed by atoms with Gasteiger partial charge in [-0.3, -0.25) is 9.78 Å². The highest BCUT2D eigenvalue weighted by atomic mass is 35.5. The van der Waals surface area contributed by atoms with Crippen molar-refractivity contribution in [1.82, 2.24) is 9.88 Å². The van der Waals surface area contributed by atoms with Gasteiger partial charge >= 0.3 is 6.18 Å². The molecule has 1 atom stereocenters. The van der Waals surface area contributed by atoms with Crippen LogP contribution in [0.25, 0.3) is 6.08 Å². The maximum absolute atomic E-state index is 13.0. The number of benzene rings is 2. The molecule has 30 heavy (non-hydrogen) atoms. The van der Waals surface area contributed by atoms with Crippen molar-refractivity contribution in [3.05, 3.63) is 106 Å². The number of hydrogen-bond donors (Lipinski definition) is 0. The standard InChI is InChI=1S/C23H18ClF3N2O/c1-29(22(17-7-3-2-4-8-17)20-9-5-6-14-28-20)21(30)13-11-16-10-12-19(24)18(15-16)23(25,26)27/h2-15,22H,1H3/b13-11+/t22-/m1/s1. The van der Waals surface area contributed by atoms with Crippen molar-refractivity contribution in [2.75, 3.05) is 7.05 Å². The van der Waals surface area contributed by atoms with Gasteiger partial charge in [-0.15, -0.1) is 0 Å². The van der Waals surface area contributed by atoms with E-state index < -0.39 is 17.8 Å². The minimum absolute atomic E-state index is 0.225. The van der Waals surface area contributed by atoms with E-state index in [2.05, 4.69) is 4.98 Å². The lowest BCUT2D eigenvalue weighted by molar-refractivity contribution is -0.137. The van der Waals surface area contributed by atoms with Crippen molar-refractivity contribution in [1.29, 1.82) is 0 Å². The SMILES string of the molecule is CN(C(=O)/C=C/c1ccc(Cl)c(C(F)(F)F)c1)[C@H](c1ccccc1)c1ccccn1. The fourth-order valence-electron chi connectivity index (χ4n) is 3.04. The van der Waals surface area contributed by atoms with E-state index in [-0.39, 0.29) is 16.5 Å². The van der Waals surface area contributed by atoms with Crippen LogP contribution in [0.3, 0.4) is 0 Å². The summed E-state index contributed by atoms with van der Waals surface area (Å²) in [6, 6.07) is 17.9. The maximum Gasteiger partial charge on any atom is 0.417 e. The van der Waals surface area contributed by atoms with Crippen LogP contribution in [0.5, 0.6) is 0 Å². The van der Waals surface area contributed by atoms with E-state index in [1.54, 1.807) is 19.3 Å². The van der Waals surface area contributed by atoms with Crippen LogP contribution < -0.4 is 0 Å². The first-order valence-electron chi connectivity index (χ1n) is 9.05. The molecule has 3 aromatic rings. The number of halogens is 4. The Labute approximate surface area is 177 Å². The number of likely N-dealkylation sites (N-methyl/N-ethyl adjacent to an activating group) is 1. The molecule has 1 aromatic heterocycles. The molecule has 1 heterocycles. The van der Waals surface area contributed by atoms with Crippen molar-refractivity contribution in [3.8, 4) is 0 Å². The van der Waals surface area contributed by atoms with E-state index in [1.807, 2.05) is 42.5 Å². The lowest BCUT2D eigenvalue weighted by atomic mass is 10.0. The molecule has 154 valence electrons. The first-order chi connectivity index (χ1) is 14.3. The normalized spacial score (nSPS) is 12.7. The summed E-state index contributed by atoms with van der Waals surface area (Å²) in [7, 11) is 1.63. The second-order valence-electron chi connectivity index (χ2n) is 6.59. The summed E-state index contributed by atoms with van der Waals surface area (Å²) in [6.45, 7) is 0. The van der Waals surface area contributed by atoms with E-state index in [9.17, 15) is 18.0 Å². The smallest absolute Gasteiger partial charge is 0.329 e. The highest BCUT2D eigenvalue weighted by Crippen LogP contribution is 2.35. The molecule has 0 N–H and O–H groups in total. The largest absolute Gasteiger partial charge is 0.417 e. The zero-order valence-electron chi connectivity index (χ0n) is 16.0. The minimum atomic E-state index is -4.57. The summed E-state index contributed by atoms with van der Waals surface area (Å²) in [6.07, 6.45) is -0.349.